The molecule has 0 bridgehead atoms. The molecule has 0 aliphatic rings. The molecule has 0 fully saturated rings. The first-order valence-corrected chi connectivity index (χ1v) is 5.31. The number of pyridine rings is 2. The van der Waals surface area contributed by atoms with Gasteiger partial charge in [-0.2, -0.15) is 0 Å². The lowest BCUT2D eigenvalue weighted by molar-refractivity contribution is 0.398. The van der Waals surface area contributed by atoms with Gasteiger partial charge in [0.2, 0.25) is 5.88 Å². The quantitative estimate of drug-likeness (QED) is 0.729. The van der Waals surface area contributed by atoms with Crippen molar-refractivity contribution in [3.05, 3.63) is 42.9 Å². The standard InChI is InChI=1S/C13H11N3O/c1-17-12-8-9(2-5-14-12)10-3-6-15-13-11(10)4-7-16-13/h2-8H,1H3,(H,15,16). The first-order chi connectivity index (χ1) is 8.38. The van der Waals surface area contributed by atoms with E-state index >= 15 is 0 Å². The SMILES string of the molecule is COc1cc(-c2ccnc3[nH]ccc23)ccn1. The summed E-state index contributed by atoms with van der Waals surface area (Å²) < 4.78 is 5.14. The van der Waals surface area contributed by atoms with Gasteiger partial charge in [0.15, 0.2) is 0 Å². The summed E-state index contributed by atoms with van der Waals surface area (Å²) in [4.78, 5) is 11.5. The Labute approximate surface area is 98.3 Å². The van der Waals surface area contributed by atoms with Crippen LogP contribution in [0.25, 0.3) is 22.2 Å². The monoisotopic (exact) mass is 225 g/mol. The van der Waals surface area contributed by atoms with E-state index in [1.165, 1.54) is 0 Å². The van der Waals surface area contributed by atoms with Crippen molar-refractivity contribution in [3.63, 3.8) is 0 Å². The van der Waals surface area contributed by atoms with Crippen LogP contribution in [0.4, 0.5) is 0 Å². The number of aromatic amines is 1. The highest BCUT2D eigenvalue weighted by Gasteiger charge is 2.06. The molecular formula is C13H11N3O. The fraction of sp³-hybridized carbons (Fsp3) is 0.0769. The molecule has 3 aromatic rings. The van der Waals surface area contributed by atoms with E-state index < -0.39 is 0 Å². The third-order valence-corrected chi connectivity index (χ3v) is 2.72. The van der Waals surface area contributed by atoms with Crippen LogP contribution in [0.2, 0.25) is 0 Å². The zero-order valence-corrected chi connectivity index (χ0v) is 9.34. The average Bonchev–Trinajstić information content (AvgIpc) is 2.87. The van der Waals surface area contributed by atoms with Gasteiger partial charge in [-0.05, 0) is 29.3 Å². The van der Waals surface area contributed by atoms with E-state index in [1.54, 1.807) is 19.5 Å². The van der Waals surface area contributed by atoms with Crippen molar-refractivity contribution < 1.29 is 4.74 Å². The van der Waals surface area contributed by atoms with Crippen molar-refractivity contribution in [3.8, 4) is 17.0 Å². The molecule has 0 radical (unpaired) electrons. The predicted octanol–water partition coefficient (Wildman–Crippen LogP) is 2.63. The van der Waals surface area contributed by atoms with Crippen molar-refractivity contribution in [1.29, 1.82) is 0 Å². The van der Waals surface area contributed by atoms with Crippen LogP contribution in [0.3, 0.4) is 0 Å². The highest BCUT2D eigenvalue weighted by molar-refractivity contribution is 5.92. The van der Waals surface area contributed by atoms with E-state index in [2.05, 4.69) is 15.0 Å². The highest BCUT2D eigenvalue weighted by atomic mass is 16.5. The van der Waals surface area contributed by atoms with E-state index in [1.807, 2.05) is 30.5 Å². The average molecular weight is 225 g/mol. The second kappa shape index (κ2) is 3.90. The summed E-state index contributed by atoms with van der Waals surface area (Å²) in [5.41, 5.74) is 3.08. The van der Waals surface area contributed by atoms with Crippen LogP contribution in [-0.2, 0) is 0 Å². The van der Waals surface area contributed by atoms with Gasteiger partial charge >= 0.3 is 0 Å². The summed E-state index contributed by atoms with van der Waals surface area (Å²) in [5, 5.41) is 1.10. The lowest BCUT2D eigenvalue weighted by atomic mass is 10.1. The number of H-pyrrole nitrogens is 1. The number of fused-ring (bicyclic) bond motifs is 1. The molecule has 3 heterocycles. The van der Waals surface area contributed by atoms with Gasteiger partial charge < -0.3 is 9.72 Å². The van der Waals surface area contributed by atoms with Crippen molar-refractivity contribution in [2.45, 2.75) is 0 Å². The molecule has 0 aromatic carbocycles. The second-order valence-corrected chi connectivity index (χ2v) is 3.69. The predicted molar refractivity (Wildman–Crippen MR) is 65.9 cm³/mol. The van der Waals surface area contributed by atoms with E-state index in [4.69, 9.17) is 4.74 Å². The molecule has 0 amide bonds. The summed E-state index contributed by atoms with van der Waals surface area (Å²) in [7, 11) is 1.62. The van der Waals surface area contributed by atoms with Crippen molar-refractivity contribution in [2.75, 3.05) is 7.11 Å². The minimum absolute atomic E-state index is 0.614. The van der Waals surface area contributed by atoms with Gasteiger partial charge in [0.1, 0.15) is 5.65 Å². The maximum absolute atomic E-state index is 5.14. The van der Waals surface area contributed by atoms with E-state index in [0.717, 1.165) is 22.2 Å². The fourth-order valence-electron chi connectivity index (χ4n) is 1.90. The third kappa shape index (κ3) is 1.63. The van der Waals surface area contributed by atoms with Gasteiger partial charge in [-0.25, -0.2) is 9.97 Å². The van der Waals surface area contributed by atoms with Gasteiger partial charge in [0.05, 0.1) is 7.11 Å². The molecule has 0 atom stereocenters. The molecule has 1 N–H and O–H groups in total. The molecule has 4 heteroatoms. The molecule has 0 aliphatic carbocycles. The molecule has 0 saturated heterocycles. The number of rotatable bonds is 2. The first-order valence-electron chi connectivity index (χ1n) is 5.31. The largest absolute Gasteiger partial charge is 0.481 e. The van der Waals surface area contributed by atoms with E-state index in [0.29, 0.717) is 5.88 Å². The van der Waals surface area contributed by atoms with Gasteiger partial charge in [-0.15, -0.1) is 0 Å². The number of aromatic nitrogens is 3. The minimum Gasteiger partial charge on any atom is -0.481 e. The van der Waals surface area contributed by atoms with Crippen molar-refractivity contribution in [2.24, 2.45) is 0 Å². The summed E-state index contributed by atoms with van der Waals surface area (Å²) in [6.07, 6.45) is 5.42. The van der Waals surface area contributed by atoms with Crippen LogP contribution in [-0.4, -0.2) is 22.1 Å². The van der Waals surface area contributed by atoms with Crippen LogP contribution < -0.4 is 4.74 Å². The molecule has 3 aromatic heterocycles. The van der Waals surface area contributed by atoms with Crippen molar-refractivity contribution >= 4 is 11.0 Å². The maximum atomic E-state index is 5.14. The molecule has 17 heavy (non-hydrogen) atoms. The van der Waals surface area contributed by atoms with Gasteiger partial charge in [-0.1, -0.05) is 0 Å². The Bertz CT molecular complexity index is 660. The molecular weight excluding hydrogens is 214 g/mol. The lowest BCUT2D eigenvalue weighted by Gasteiger charge is -2.04. The fourth-order valence-corrected chi connectivity index (χ4v) is 1.90. The van der Waals surface area contributed by atoms with Crippen LogP contribution in [0.5, 0.6) is 5.88 Å². The first kappa shape index (κ1) is 9.84. The van der Waals surface area contributed by atoms with E-state index in [9.17, 15) is 0 Å². The summed E-state index contributed by atoms with van der Waals surface area (Å²) in [6, 6.07) is 7.89. The molecule has 0 saturated carbocycles. The summed E-state index contributed by atoms with van der Waals surface area (Å²) >= 11 is 0. The van der Waals surface area contributed by atoms with Crippen LogP contribution in [0.1, 0.15) is 0 Å². The third-order valence-electron chi connectivity index (χ3n) is 2.72. The zero-order valence-electron chi connectivity index (χ0n) is 9.34. The smallest absolute Gasteiger partial charge is 0.213 e. The molecule has 4 nitrogen and oxygen atoms in total. The Hall–Kier alpha value is -2.36. The zero-order chi connectivity index (χ0) is 11.7. The topological polar surface area (TPSA) is 50.8 Å². The Balaban J connectivity index is 2.23. The number of methoxy groups -OCH3 is 1. The Morgan fingerprint density at radius 1 is 1.12 bits per heavy atom. The van der Waals surface area contributed by atoms with Crippen LogP contribution >= 0.6 is 0 Å². The molecule has 3 rings (SSSR count). The number of hydrogen-bond acceptors (Lipinski definition) is 3. The Morgan fingerprint density at radius 3 is 2.88 bits per heavy atom. The van der Waals surface area contributed by atoms with Crippen molar-refractivity contribution in [1.82, 2.24) is 15.0 Å². The molecule has 84 valence electrons. The van der Waals surface area contributed by atoms with Gasteiger partial charge in [0.25, 0.3) is 0 Å². The number of hydrogen-bond donors (Lipinski definition) is 1. The normalized spacial score (nSPS) is 10.6. The summed E-state index contributed by atoms with van der Waals surface area (Å²) in [6.45, 7) is 0. The Morgan fingerprint density at radius 2 is 2.00 bits per heavy atom. The van der Waals surface area contributed by atoms with E-state index in [-0.39, 0.29) is 0 Å². The van der Waals surface area contributed by atoms with Crippen LogP contribution in [0.15, 0.2) is 42.9 Å². The lowest BCUT2D eigenvalue weighted by Crippen LogP contribution is -1.88. The number of nitrogens with zero attached hydrogens (tertiary/aromatic N) is 2. The molecule has 0 spiro atoms. The van der Waals surface area contributed by atoms with Crippen LogP contribution in [0, 0.1) is 0 Å². The molecule has 0 aliphatic heterocycles. The highest BCUT2D eigenvalue weighted by Crippen LogP contribution is 2.28. The minimum atomic E-state index is 0.614. The Kier molecular flexibility index (Phi) is 2.26. The number of nitrogens with one attached hydrogen (secondary N) is 1. The van der Waals surface area contributed by atoms with Gasteiger partial charge in [-0.3, -0.25) is 0 Å². The molecule has 0 unspecified atom stereocenters. The number of ether oxygens (including phenoxy) is 1. The van der Waals surface area contributed by atoms with Gasteiger partial charge in [0, 0.05) is 30.0 Å². The summed E-state index contributed by atoms with van der Waals surface area (Å²) in [5.74, 6) is 0.614. The maximum Gasteiger partial charge on any atom is 0.213 e. The second-order valence-electron chi connectivity index (χ2n) is 3.69.